The summed E-state index contributed by atoms with van der Waals surface area (Å²) in [4.78, 5) is 0. The summed E-state index contributed by atoms with van der Waals surface area (Å²) in [5.74, 6) is 0. The molecule has 98 valence electrons. The van der Waals surface area contributed by atoms with Crippen LogP contribution in [0.4, 0.5) is 0 Å². The molecule has 0 bridgehead atoms. The maximum Gasteiger partial charge on any atom is 1.00 e. The molecule has 0 aliphatic rings. The van der Waals surface area contributed by atoms with E-state index < -0.39 is 7.71 Å². The molecule has 0 heterocycles. The van der Waals surface area contributed by atoms with Gasteiger partial charge in [-0.25, -0.2) is 7.71 Å². The van der Waals surface area contributed by atoms with Crippen molar-refractivity contribution in [1.29, 1.82) is 0 Å². The van der Waals surface area contributed by atoms with Gasteiger partial charge in [-0.3, -0.25) is 0 Å². The van der Waals surface area contributed by atoms with Gasteiger partial charge >= 0.3 is 59.1 Å². The number of nitrogens with two attached hydrogens (primary N) is 2. The summed E-state index contributed by atoms with van der Waals surface area (Å²) in [6, 6.07) is 0. The van der Waals surface area contributed by atoms with Crippen LogP contribution >= 0.6 is 0 Å². The van der Waals surface area contributed by atoms with Crippen molar-refractivity contribution in [1.82, 2.24) is 0 Å². The van der Waals surface area contributed by atoms with Crippen LogP contribution in [-0.2, 0) is 30.1 Å². The SMILES string of the molecule is NCCCCCCN.O.O.[Na+].[Na+].[O-]S([O-])(=S)=S. The molecule has 0 aliphatic carbocycles. The molecule has 0 atom stereocenters. The predicted molar refractivity (Wildman–Crippen MR) is 67.5 cm³/mol. The number of hydrogen-bond donors (Lipinski definition) is 2. The molecule has 0 saturated heterocycles. The van der Waals surface area contributed by atoms with Crippen LogP contribution in [0, 0.1) is 0 Å². The van der Waals surface area contributed by atoms with Gasteiger partial charge in [-0.2, -0.15) is 0 Å². The molecule has 0 aromatic heterocycles. The molecule has 0 fully saturated rings. The van der Waals surface area contributed by atoms with Gasteiger partial charge in [0.2, 0.25) is 0 Å². The van der Waals surface area contributed by atoms with Crippen LogP contribution in [0.15, 0.2) is 0 Å². The van der Waals surface area contributed by atoms with Crippen LogP contribution in [0.3, 0.4) is 0 Å². The second-order valence-corrected chi connectivity index (χ2v) is 6.48. The van der Waals surface area contributed by atoms with E-state index >= 15 is 0 Å². The Hall–Kier alpha value is 2.55. The molecule has 0 spiro atoms. The number of hydrogen-bond acceptors (Lipinski definition) is 6. The van der Waals surface area contributed by atoms with Crippen molar-refractivity contribution in [2.75, 3.05) is 13.1 Å². The molecule has 0 aromatic carbocycles. The maximum atomic E-state index is 9.26. The van der Waals surface area contributed by atoms with E-state index in [9.17, 15) is 9.11 Å². The molecule has 0 radical (unpaired) electrons. The van der Waals surface area contributed by atoms with Gasteiger partial charge in [-0.05, 0) is 25.9 Å². The summed E-state index contributed by atoms with van der Waals surface area (Å²) in [7, 11) is -3.50. The van der Waals surface area contributed by atoms with Crippen LogP contribution < -0.4 is 70.6 Å². The molecule has 6 nitrogen and oxygen atoms in total. The van der Waals surface area contributed by atoms with Gasteiger partial charge in [-0.1, -0.05) is 35.2 Å². The van der Waals surface area contributed by atoms with Gasteiger partial charge in [0.15, 0.2) is 0 Å². The van der Waals surface area contributed by atoms with Gasteiger partial charge in [0.25, 0.3) is 0 Å². The fourth-order valence-electron chi connectivity index (χ4n) is 0.642. The van der Waals surface area contributed by atoms with Gasteiger partial charge < -0.3 is 31.5 Å². The van der Waals surface area contributed by atoms with Crippen LogP contribution in [0.5, 0.6) is 0 Å². The first-order valence-electron chi connectivity index (χ1n) is 3.98. The minimum atomic E-state index is -3.50. The van der Waals surface area contributed by atoms with Crippen molar-refractivity contribution < 1.29 is 79.2 Å². The standard InChI is InChI=1S/C6H16N2.2Na.H2O2S3.2H2O/c7-5-3-1-2-4-6-8;;;1-5(2,3)4;;/h1-8H2;;;(H2,1,2,3,4);2*1H2/q;2*+1;;;/p-2. The molecule has 17 heavy (non-hydrogen) atoms. The number of rotatable bonds is 5. The van der Waals surface area contributed by atoms with E-state index in [1.165, 1.54) is 12.8 Å². The Morgan fingerprint density at radius 1 is 0.765 bits per heavy atom. The molecule has 0 rings (SSSR count). The fourth-order valence-corrected chi connectivity index (χ4v) is 0.642. The molecular weight excluding hydrogens is 306 g/mol. The molecule has 11 heteroatoms. The van der Waals surface area contributed by atoms with E-state index in [0.29, 0.717) is 0 Å². The van der Waals surface area contributed by atoms with E-state index in [4.69, 9.17) is 11.5 Å². The van der Waals surface area contributed by atoms with E-state index in [-0.39, 0.29) is 70.1 Å². The smallest absolute Gasteiger partial charge is 0.801 e. The molecule has 0 amide bonds. The molecular formula is C6H20N2Na2O4S3. The molecule has 0 aromatic rings. The molecule has 0 saturated carbocycles. The molecule has 0 aliphatic heterocycles. The van der Waals surface area contributed by atoms with Crippen molar-refractivity contribution >= 4 is 30.1 Å². The average molecular weight is 326 g/mol. The van der Waals surface area contributed by atoms with E-state index in [2.05, 4.69) is 22.4 Å². The Morgan fingerprint density at radius 3 is 1.06 bits per heavy atom. The quantitative estimate of drug-likeness (QED) is 0.376. The van der Waals surface area contributed by atoms with Gasteiger partial charge in [0, 0.05) is 0 Å². The van der Waals surface area contributed by atoms with Crippen molar-refractivity contribution in [3.63, 3.8) is 0 Å². The summed E-state index contributed by atoms with van der Waals surface area (Å²) in [6.45, 7) is 1.65. The topological polar surface area (TPSA) is 161 Å². The summed E-state index contributed by atoms with van der Waals surface area (Å²) in [5, 5.41) is 0. The van der Waals surface area contributed by atoms with Crippen molar-refractivity contribution in [2.24, 2.45) is 11.5 Å². The maximum absolute atomic E-state index is 9.26. The van der Waals surface area contributed by atoms with E-state index in [1.54, 1.807) is 0 Å². The Bertz CT molecular complexity index is 182. The van der Waals surface area contributed by atoms with Gasteiger partial charge in [0.05, 0.1) is 0 Å². The van der Waals surface area contributed by atoms with Gasteiger partial charge in [-0.15, -0.1) is 0 Å². The third-order valence-corrected chi connectivity index (χ3v) is 1.16. The monoisotopic (exact) mass is 326 g/mol. The minimum Gasteiger partial charge on any atom is -0.801 e. The second-order valence-electron chi connectivity index (χ2n) is 2.40. The second kappa shape index (κ2) is 27.0. The Morgan fingerprint density at radius 2 is 0.941 bits per heavy atom. The normalized spacial score (nSPS) is 8.00. The van der Waals surface area contributed by atoms with Gasteiger partial charge in [0.1, 0.15) is 0 Å². The fraction of sp³-hybridized carbons (Fsp3) is 1.00. The van der Waals surface area contributed by atoms with Crippen molar-refractivity contribution in [3.8, 4) is 0 Å². The Kier molecular flexibility index (Phi) is 58.2. The first kappa shape index (κ1) is 36.6. The predicted octanol–water partition coefficient (Wildman–Crippen LogP) is -7.85. The largest absolute Gasteiger partial charge is 1.00 e. The first-order chi connectivity index (χ1) is 5.91. The molecule has 8 N–H and O–H groups in total. The average Bonchev–Trinajstić information content (AvgIpc) is 1.95. The van der Waals surface area contributed by atoms with E-state index in [1.807, 2.05) is 0 Å². The molecule has 0 unspecified atom stereocenters. The third kappa shape index (κ3) is 89.1. The first-order valence-corrected chi connectivity index (χ1v) is 7.32. The summed E-state index contributed by atoms with van der Waals surface area (Å²) < 4.78 is 18.5. The van der Waals surface area contributed by atoms with Crippen molar-refractivity contribution in [2.45, 2.75) is 25.7 Å². The van der Waals surface area contributed by atoms with E-state index in [0.717, 1.165) is 25.9 Å². The Labute approximate surface area is 157 Å². The minimum absolute atomic E-state index is 0. The third-order valence-electron chi connectivity index (χ3n) is 1.16. The van der Waals surface area contributed by atoms with Crippen LogP contribution in [0.1, 0.15) is 25.7 Å². The summed E-state index contributed by atoms with van der Waals surface area (Å²) in [5.41, 5.74) is 10.6. The van der Waals surface area contributed by atoms with Crippen LogP contribution in [-0.4, -0.2) is 33.1 Å². The van der Waals surface area contributed by atoms with Crippen LogP contribution in [0.25, 0.3) is 0 Å². The summed E-state index contributed by atoms with van der Waals surface area (Å²) >= 11 is 7.23. The number of unbranched alkanes of at least 4 members (excludes halogenated alkanes) is 3. The summed E-state index contributed by atoms with van der Waals surface area (Å²) in [6.07, 6.45) is 4.79. The zero-order valence-corrected chi connectivity index (χ0v) is 16.9. The zero-order chi connectivity index (χ0) is 10.7. The van der Waals surface area contributed by atoms with Crippen molar-refractivity contribution in [3.05, 3.63) is 0 Å². The van der Waals surface area contributed by atoms with Crippen LogP contribution in [0.2, 0.25) is 0 Å². The Balaban J connectivity index is -0.0000000306. The zero-order valence-electron chi connectivity index (χ0n) is 10.4.